The Morgan fingerprint density at radius 3 is 2.59 bits per heavy atom. The minimum Gasteiger partial charge on any atom is -0.502 e. The molecule has 0 aliphatic carbocycles. The lowest BCUT2D eigenvalue weighted by Gasteiger charge is -2.26. The minimum atomic E-state index is -0.483. The van der Waals surface area contributed by atoms with Gasteiger partial charge in [-0.05, 0) is 24.1 Å². The first-order valence-electron chi connectivity index (χ1n) is 8.59. The number of rotatable bonds is 4. The van der Waals surface area contributed by atoms with E-state index in [4.69, 9.17) is 0 Å². The van der Waals surface area contributed by atoms with Crippen molar-refractivity contribution in [3.63, 3.8) is 0 Å². The molecule has 0 spiro atoms. The molecule has 0 saturated carbocycles. The molecule has 0 amide bonds. The van der Waals surface area contributed by atoms with Gasteiger partial charge in [-0.15, -0.1) is 0 Å². The summed E-state index contributed by atoms with van der Waals surface area (Å²) in [6.45, 7) is 3.57. The molecule has 0 aliphatic rings. The molecule has 0 bridgehead atoms. The number of nitriles is 1. The van der Waals surface area contributed by atoms with Crippen LogP contribution in [0.5, 0.6) is 5.75 Å². The van der Waals surface area contributed by atoms with E-state index < -0.39 is 5.56 Å². The van der Waals surface area contributed by atoms with Gasteiger partial charge in [0.05, 0.1) is 23.5 Å². The van der Waals surface area contributed by atoms with Gasteiger partial charge >= 0.3 is 0 Å². The Bertz CT molecular complexity index is 1090. The number of hydrogen-bond donors (Lipinski definition) is 1. The molecule has 27 heavy (non-hydrogen) atoms. The van der Waals surface area contributed by atoms with Gasteiger partial charge in [0.2, 0.25) is 5.75 Å². The largest absolute Gasteiger partial charge is 0.502 e. The number of aromatic nitrogens is 4. The maximum absolute atomic E-state index is 12.3. The molecule has 2 heterocycles. The van der Waals surface area contributed by atoms with Crippen LogP contribution in [0, 0.1) is 18.3 Å². The van der Waals surface area contributed by atoms with Crippen molar-refractivity contribution in [3.05, 3.63) is 75.2 Å². The van der Waals surface area contributed by atoms with Crippen molar-refractivity contribution in [1.82, 2.24) is 19.3 Å². The van der Waals surface area contributed by atoms with Gasteiger partial charge in [-0.1, -0.05) is 25.1 Å². The zero-order chi connectivity index (χ0) is 19.7. The molecule has 7 nitrogen and oxygen atoms in total. The van der Waals surface area contributed by atoms with Gasteiger partial charge < -0.3 is 5.11 Å². The molecule has 2 unspecified atom stereocenters. The smallest absolute Gasteiger partial charge is 0.295 e. The molecule has 2 aromatic heterocycles. The van der Waals surface area contributed by atoms with Crippen LogP contribution in [0.25, 0.3) is 0 Å². The average Bonchev–Trinajstić information content (AvgIpc) is 3.09. The van der Waals surface area contributed by atoms with Crippen molar-refractivity contribution in [3.8, 4) is 11.8 Å². The third-order valence-corrected chi connectivity index (χ3v) is 4.88. The maximum Gasteiger partial charge on any atom is 0.295 e. The van der Waals surface area contributed by atoms with Crippen LogP contribution in [0.2, 0.25) is 0 Å². The number of hydrogen-bond acceptors (Lipinski definition) is 5. The van der Waals surface area contributed by atoms with E-state index in [-0.39, 0.29) is 17.6 Å². The van der Waals surface area contributed by atoms with Crippen molar-refractivity contribution in [1.29, 1.82) is 5.26 Å². The second-order valence-electron chi connectivity index (χ2n) is 6.68. The third kappa shape index (κ3) is 3.22. The van der Waals surface area contributed by atoms with Crippen LogP contribution >= 0.6 is 0 Å². The summed E-state index contributed by atoms with van der Waals surface area (Å²) in [6.07, 6.45) is 3.67. The third-order valence-electron chi connectivity index (χ3n) is 4.88. The SMILES string of the molecule is Cc1nc(C(C)C(c2cnn(C)c2)c2ccccc2C#N)n(C)c(=O)c1O. The van der Waals surface area contributed by atoms with Crippen molar-refractivity contribution < 1.29 is 5.11 Å². The summed E-state index contributed by atoms with van der Waals surface area (Å²) in [5.74, 6) is -0.266. The van der Waals surface area contributed by atoms with Gasteiger partial charge in [-0.25, -0.2) is 4.98 Å². The molecule has 7 heteroatoms. The highest BCUT2D eigenvalue weighted by molar-refractivity contribution is 5.45. The predicted octanol–water partition coefficient (Wildman–Crippen LogP) is 2.34. The van der Waals surface area contributed by atoms with E-state index in [1.165, 1.54) is 4.57 Å². The van der Waals surface area contributed by atoms with Crippen LogP contribution in [0.15, 0.2) is 41.5 Å². The summed E-state index contributed by atoms with van der Waals surface area (Å²) in [4.78, 5) is 16.8. The summed E-state index contributed by atoms with van der Waals surface area (Å²) < 4.78 is 3.07. The molecular formula is C20H21N5O2. The number of aromatic hydroxyl groups is 1. The van der Waals surface area contributed by atoms with Crippen LogP contribution in [-0.2, 0) is 14.1 Å². The molecule has 0 aliphatic heterocycles. The fraction of sp³-hybridized carbons (Fsp3) is 0.300. The molecule has 1 aromatic carbocycles. The van der Waals surface area contributed by atoms with E-state index in [9.17, 15) is 15.2 Å². The van der Waals surface area contributed by atoms with Gasteiger partial charge in [0.15, 0.2) is 0 Å². The number of nitrogens with zero attached hydrogens (tertiary/aromatic N) is 5. The summed E-state index contributed by atoms with van der Waals surface area (Å²) in [6, 6.07) is 9.66. The van der Waals surface area contributed by atoms with E-state index in [2.05, 4.69) is 16.2 Å². The fourth-order valence-electron chi connectivity index (χ4n) is 3.48. The molecule has 138 valence electrons. The van der Waals surface area contributed by atoms with Crippen molar-refractivity contribution >= 4 is 0 Å². The van der Waals surface area contributed by atoms with E-state index in [1.54, 1.807) is 30.9 Å². The highest BCUT2D eigenvalue weighted by atomic mass is 16.3. The van der Waals surface area contributed by atoms with E-state index in [0.717, 1.165) is 11.1 Å². The summed E-state index contributed by atoms with van der Waals surface area (Å²) in [5.41, 5.74) is 2.15. The highest BCUT2D eigenvalue weighted by Gasteiger charge is 2.29. The topological polar surface area (TPSA) is 96.7 Å². The van der Waals surface area contributed by atoms with Crippen LogP contribution in [0.3, 0.4) is 0 Å². The minimum absolute atomic E-state index is 0.225. The highest BCUT2D eigenvalue weighted by Crippen LogP contribution is 2.38. The van der Waals surface area contributed by atoms with Gasteiger partial charge in [0, 0.05) is 32.1 Å². The lowest BCUT2D eigenvalue weighted by Crippen LogP contribution is -2.26. The maximum atomic E-state index is 12.3. The Morgan fingerprint density at radius 1 is 1.26 bits per heavy atom. The second kappa shape index (κ2) is 7.08. The summed E-state index contributed by atoms with van der Waals surface area (Å²) in [7, 11) is 3.43. The lowest BCUT2D eigenvalue weighted by atomic mass is 9.80. The van der Waals surface area contributed by atoms with Crippen molar-refractivity contribution in [2.45, 2.75) is 25.7 Å². The number of aryl methyl sites for hydroxylation is 2. The van der Waals surface area contributed by atoms with Crippen molar-refractivity contribution in [2.75, 3.05) is 0 Å². The van der Waals surface area contributed by atoms with Gasteiger partial charge in [0.1, 0.15) is 5.82 Å². The van der Waals surface area contributed by atoms with E-state index in [1.807, 2.05) is 38.4 Å². The molecule has 3 aromatic rings. The quantitative estimate of drug-likeness (QED) is 0.767. The lowest BCUT2D eigenvalue weighted by molar-refractivity contribution is 0.442. The van der Waals surface area contributed by atoms with Gasteiger partial charge in [-0.3, -0.25) is 14.0 Å². The number of benzene rings is 1. The first kappa shape index (κ1) is 18.4. The van der Waals surface area contributed by atoms with Gasteiger partial charge in [0.25, 0.3) is 5.56 Å². The van der Waals surface area contributed by atoms with Gasteiger partial charge in [-0.2, -0.15) is 10.4 Å². The predicted molar refractivity (Wildman–Crippen MR) is 101 cm³/mol. The first-order chi connectivity index (χ1) is 12.8. The summed E-state index contributed by atoms with van der Waals surface area (Å²) in [5, 5.41) is 23.7. The zero-order valence-corrected chi connectivity index (χ0v) is 15.7. The summed E-state index contributed by atoms with van der Waals surface area (Å²) >= 11 is 0. The van der Waals surface area contributed by atoms with E-state index in [0.29, 0.717) is 17.1 Å². The molecule has 0 saturated heterocycles. The molecule has 1 N–H and O–H groups in total. The Hall–Kier alpha value is -3.40. The standard InChI is InChI=1S/C20H21N5O2/c1-12(19-23-13(2)18(26)20(27)25(19)4)17(15-10-22-24(3)11-15)16-8-6-5-7-14(16)9-21/h5-8,10-12,17,26H,1-4H3. The second-order valence-corrected chi connectivity index (χ2v) is 6.68. The van der Waals surface area contributed by atoms with Crippen LogP contribution in [-0.4, -0.2) is 24.4 Å². The first-order valence-corrected chi connectivity index (χ1v) is 8.59. The van der Waals surface area contributed by atoms with Crippen LogP contribution in [0.4, 0.5) is 0 Å². The molecule has 3 rings (SSSR count). The molecule has 2 atom stereocenters. The van der Waals surface area contributed by atoms with E-state index >= 15 is 0 Å². The Kier molecular flexibility index (Phi) is 4.82. The Balaban J connectivity index is 2.23. The van der Waals surface area contributed by atoms with Crippen molar-refractivity contribution in [2.24, 2.45) is 14.1 Å². The Labute approximate surface area is 157 Å². The monoisotopic (exact) mass is 363 g/mol. The van der Waals surface area contributed by atoms with Crippen LogP contribution < -0.4 is 5.56 Å². The molecular weight excluding hydrogens is 342 g/mol. The zero-order valence-electron chi connectivity index (χ0n) is 15.7. The van der Waals surface area contributed by atoms with Crippen LogP contribution in [0.1, 0.15) is 47.0 Å². The Morgan fingerprint density at radius 2 is 1.96 bits per heavy atom. The molecule has 0 radical (unpaired) electrons. The molecule has 0 fully saturated rings. The average molecular weight is 363 g/mol. The fourth-order valence-corrected chi connectivity index (χ4v) is 3.48. The normalized spacial score (nSPS) is 13.1.